The summed E-state index contributed by atoms with van der Waals surface area (Å²) in [5.74, 6) is 1.55. The van der Waals surface area contributed by atoms with E-state index in [0.29, 0.717) is 11.6 Å². The van der Waals surface area contributed by atoms with Crippen LogP contribution in [0.4, 0.5) is 0 Å². The van der Waals surface area contributed by atoms with Crippen LogP contribution in [0.25, 0.3) is 5.69 Å². The fourth-order valence-electron chi connectivity index (χ4n) is 2.54. The summed E-state index contributed by atoms with van der Waals surface area (Å²) in [6.45, 7) is 4.46. The summed E-state index contributed by atoms with van der Waals surface area (Å²) in [5, 5.41) is 10.1. The quantitative estimate of drug-likeness (QED) is 0.691. The molecule has 1 heterocycles. The number of nitrogens with zero attached hydrogens (tertiary/aromatic N) is 3. The second-order valence-corrected chi connectivity index (χ2v) is 7.03. The van der Waals surface area contributed by atoms with Gasteiger partial charge in [-0.2, -0.15) is 0 Å². The van der Waals surface area contributed by atoms with Crippen molar-refractivity contribution in [2.24, 2.45) is 5.73 Å². The Kier molecular flexibility index (Phi) is 5.23. The lowest BCUT2D eigenvalue weighted by atomic mass is 10.2. The molecular weight excluding hydrogens is 340 g/mol. The van der Waals surface area contributed by atoms with Gasteiger partial charge < -0.3 is 5.73 Å². The Hall–Kier alpha value is -1.82. The first-order chi connectivity index (χ1) is 11.6. The third kappa shape index (κ3) is 3.64. The minimum Gasteiger partial charge on any atom is -0.324 e. The summed E-state index contributed by atoms with van der Waals surface area (Å²) >= 11 is 7.82. The van der Waals surface area contributed by atoms with Crippen LogP contribution in [0.2, 0.25) is 5.02 Å². The van der Waals surface area contributed by atoms with Crippen LogP contribution in [0.1, 0.15) is 22.5 Å². The lowest BCUT2D eigenvalue weighted by molar-refractivity contribution is 0.818. The van der Waals surface area contributed by atoms with Crippen molar-refractivity contribution in [3.63, 3.8) is 0 Å². The molecule has 3 aromatic rings. The first-order valence-electron chi connectivity index (χ1n) is 7.67. The number of thioether (sulfide) groups is 1. The van der Waals surface area contributed by atoms with Crippen LogP contribution >= 0.6 is 23.4 Å². The van der Waals surface area contributed by atoms with Gasteiger partial charge >= 0.3 is 0 Å². The van der Waals surface area contributed by atoms with Crippen molar-refractivity contribution < 1.29 is 0 Å². The van der Waals surface area contributed by atoms with E-state index in [4.69, 9.17) is 17.3 Å². The molecule has 124 valence electrons. The second-order valence-electron chi connectivity index (χ2n) is 5.65. The van der Waals surface area contributed by atoms with Crippen molar-refractivity contribution in [3.05, 3.63) is 70.0 Å². The zero-order chi connectivity index (χ0) is 17.1. The number of hydrogen-bond donors (Lipinski definition) is 1. The molecule has 0 saturated heterocycles. The number of aryl methyl sites for hydroxylation is 2. The summed E-state index contributed by atoms with van der Waals surface area (Å²) in [6.07, 6.45) is 0. The largest absolute Gasteiger partial charge is 0.324 e. The lowest BCUT2D eigenvalue weighted by Gasteiger charge is -2.12. The normalized spacial score (nSPS) is 11.0. The number of nitrogens with two attached hydrogens (primary N) is 1. The maximum Gasteiger partial charge on any atom is 0.196 e. The molecule has 2 aromatic carbocycles. The van der Waals surface area contributed by atoms with Gasteiger partial charge in [0.25, 0.3) is 0 Å². The number of halogens is 1. The number of rotatable bonds is 5. The lowest BCUT2D eigenvalue weighted by Crippen LogP contribution is -2.09. The standard InChI is InChI=1S/C18H19ClN4S/c1-12-4-3-5-14(8-12)11-24-18-22-21-17(10-20)23(18)16-9-15(19)7-6-13(16)2/h3-9H,10-11,20H2,1-2H3. The Morgan fingerprint density at radius 3 is 2.71 bits per heavy atom. The number of hydrogen-bond acceptors (Lipinski definition) is 4. The van der Waals surface area contributed by atoms with Crippen LogP contribution in [0.3, 0.4) is 0 Å². The van der Waals surface area contributed by atoms with Crippen LogP contribution in [0.15, 0.2) is 47.6 Å². The highest BCUT2D eigenvalue weighted by Crippen LogP contribution is 2.28. The van der Waals surface area contributed by atoms with Crippen molar-refractivity contribution in [2.45, 2.75) is 31.3 Å². The van der Waals surface area contributed by atoms with Crippen LogP contribution in [-0.2, 0) is 12.3 Å². The van der Waals surface area contributed by atoms with Gasteiger partial charge in [-0.25, -0.2) is 0 Å². The highest BCUT2D eigenvalue weighted by molar-refractivity contribution is 7.98. The van der Waals surface area contributed by atoms with Gasteiger partial charge in [-0.3, -0.25) is 4.57 Å². The molecule has 6 heteroatoms. The molecule has 0 unspecified atom stereocenters. The number of aromatic nitrogens is 3. The van der Waals surface area contributed by atoms with E-state index >= 15 is 0 Å². The van der Waals surface area contributed by atoms with Crippen LogP contribution in [-0.4, -0.2) is 14.8 Å². The highest BCUT2D eigenvalue weighted by atomic mass is 35.5. The fraction of sp³-hybridized carbons (Fsp3) is 0.222. The minimum absolute atomic E-state index is 0.323. The molecule has 2 N–H and O–H groups in total. The predicted octanol–water partition coefficient (Wildman–Crippen LogP) is 4.29. The first kappa shape index (κ1) is 17.0. The van der Waals surface area contributed by atoms with E-state index in [9.17, 15) is 0 Å². The van der Waals surface area contributed by atoms with E-state index in [-0.39, 0.29) is 0 Å². The summed E-state index contributed by atoms with van der Waals surface area (Å²) in [4.78, 5) is 0. The molecule has 0 aliphatic carbocycles. The van der Waals surface area contributed by atoms with Gasteiger partial charge in [0.2, 0.25) is 0 Å². The molecule has 24 heavy (non-hydrogen) atoms. The van der Waals surface area contributed by atoms with Gasteiger partial charge in [0.1, 0.15) is 0 Å². The Balaban J connectivity index is 1.95. The average Bonchev–Trinajstić information content (AvgIpc) is 2.98. The third-order valence-electron chi connectivity index (χ3n) is 3.75. The van der Waals surface area contributed by atoms with Gasteiger partial charge in [0, 0.05) is 10.8 Å². The molecule has 0 aliphatic heterocycles. The Bertz CT molecular complexity index is 860. The molecule has 0 aliphatic rings. The third-order valence-corrected chi connectivity index (χ3v) is 4.98. The smallest absolute Gasteiger partial charge is 0.196 e. The maximum absolute atomic E-state index is 6.18. The van der Waals surface area contributed by atoms with Crippen LogP contribution < -0.4 is 5.73 Å². The maximum atomic E-state index is 6.18. The zero-order valence-electron chi connectivity index (χ0n) is 13.7. The van der Waals surface area contributed by atoms with E-state index in [0.717, 1.165) is 28.0 Å². The Morgan fingerprint density at radius 2 is 1.96 bits per heavy atom. The summed E-state index contributed by atoms with van der Waals surface area (Å²) in [6, 6.07) is 14.3. The van der Waals surface area contributed by atoms with Gasteiger partial charge in [0.05, 0.1) is 12.2 Å². The van der Waals surface area contributed by atoms with Gasteiger partial charge in [-0.05, 0) is 37.1 Å². The van der Waals surface area contributed by atoms with E-state index in [1.54, 1.807) is 11.8 Å². The van der Waals surface area contributed by atoms with E-state index in [2.05, 4.69) is 41.4 Å². The fourth-order valence-corrected chi connectivity index (χ4v) is 3.61. The van der Waals surface area contributed by atoms with Gasteiger partial charge in [-0.1, -0.05) is 59.3 Å². The molecule has 0 saturated carbocycles. The van der Waals surface area contributed by atoms with Crippen molar-refractivity contribution >= 4 is 23.4 Å². The van der Waals surface area contributed by atoms with Crippen LogP contribution in [0, 0.1) is 13.8 Å². The van der Waals surface area contributed by atoms with Gasteiger partial charge in [0.15, 0.2) is 11.0 Å². The van der Waals surface area contributed by atoms with E-state index < -0.39 is 0 Å². The van der Waals surface area contributed by atoms with Crippen molar-refractivity contribution in [1.82, 2.24) is 14.8 Å². The second kappa shape index (κ2) is 7.38. The van der Waals surface area contributed by atoms with Crippen molar-refractivity contribution in [3.8, 4) is 5.69 Å². The molecule has 0 fully saturated rings. The monoisotopic (exact) mass is 358 g/mol. The molecule has 0 amide bonds. The van der Waals surface area contributed by atoms with E-state index in [1.807, 2.05) is 29.7 Å². The molecule has 1 aromatic heterocycles. The zero-order valence-corrected chi connectivity index (χ0v) is 15.2. The summed E-state index contributed by atoms with van der Waals surface area (Å²) in [5.41, 5.74) is 10.4. The van der Waals surface area contributed by atoms with E-state index in [1.165, 1.54) is 11.1 Å². The molecule has 4 nitrogen and oxygen atoms in total. The minimum atomic E-state index is 0.323. The topological polar surface area (TPSA) is 56.7 Å². The first-order valence-corrected chi connectivity index (χ1v) is 9.04. The Morgan fingerprint density at radius 1 is 1.12 bits per heavy atom. The molecule has 3 rings (SSSR count). The summed E-state index contributed by atoms with van der Waals surface area (Å²) < 4.78 is 2.00. The molecule has 0 radical (unpaired) electrons. The molecule has 0 atom stereocenters. The number of benzene rings is 2. The molecular formula is C18H19ClN4S. The van der Waals surface area contributed by atoms with Crippen molar-refractivity contribution in [1.29, 1.82) is 0 Å². The summed E-state index contributed by atoms with van der Waals surface area (Å²) in [7, 11) is 0. The van der Waals surface area contributed by atoms with Gasteiger partial charge in [-0.15, -0.1) is 10.2 Å². The highest BCUT2D eigenvalue weighted by Gasteiger charge is 2.15. The average molecular weight is 359 g/mol. The molecule has 0 spiro atoms. The predicted molar refractivity (Wildman–Crippen MR) is 99.7 cm³/mol. The Labute approximate surface area is 151 Å². The molecule has 0 bridgehead atoms. The SMILES string of the molecule is Cc1cccc(CSc2nnc(CN)n2-c2cc(Cl)ccc2C)c1. The van der Waals surface area contributed by atoms with Crippen LogP contribution in [0.5, 0.6) is 0 Å². The van der Waals surface area contributed by atoms with Crippen molar-refractivity contribution in [2.75, 3.05) is 0 Å².